The van der Waals surface area contributed by atoms with Gasteiger partial charge >= 0.3 is 0 Å². The molecule has 1 amide bonds. The first-order chi connectivity index (χ1) is 17.9. The van der Waals surface area contributed by atoms with Crippen LogP contribution in [0.4, 0.5) is 0 Å². The van der Waals surface area contributed by atoms with Crippen LogP contribution in [0.3, 0.4) is 0 Å². The van der Waals surface area contributed by atoms with Crippen LogP contribution >= 0.6 is 11.6 Å². The van der Waals surface area contributed by atoms with E-state index in [9.17, 15) is 13.2 Å². The Morgan fingerprint density at radius 1 is 0.865 bits per heavy atom. The number of piperazine rings is 1. The Hall–Kier alpha value is -2.91. The Bertz CT molecular complexity index is 1360. The number of amides is 1. The van der Waals surface area contributed by atoms with Crippen molar-refractivity contribution in [1.29, 1.82) is 0 Å². The standard InChI is InChI=1S/C28H30ClN3O4S/c29-26-18-25(37(34,35)32-13-12-23-8-4-5-9-24(23)20-32)10-11-27(26)36-21-28(33)31-16-14-30(15-17-31)19-22-6-2-1-3-7-22/h1-11,18H,12-17,19-21H2. The number of halogens is 1. The molecule has 2 heterocycles. The molecule has 7 nitrogen and oxygen atoms in total. The molecule has 0 bridgehead atoms. The van der Waals surface area contributed by atoms with Crippen molar-refractivity contribution in [2.24, 2.45) is 0 Å². The zero-order valence-electron chi connectivity index (χ0n) is 20.6. The molecule has 1 fully saturated rings. The van der Waals surface area contributed by atoms with Gasteiger partial charge in [-0.25, -0.2) is 8.42 Å². The number of fused-ring (bicyclic) bond motifs is 1. The summed E-state index contributed by atoms with van der Waals surface area (Å²) in [5.74, 6) is 0.180. The molecule has 0 aromatic heterocycles. The minimum absolute atomic E-state index is 0.112. The van der Waals surface area contributed by atoms with Gasteiger partial charge in [0.15, 0.2) is 6.61 Å². The number of hydrogen-bond donors (Lipinski definition) is 0. The highest BCUT2D eigenvalue weighted by Crippen LogP contribution is 2.31. The molecule has 5 rings (SSSR count). The molecule has 0 unspecified atom stereocenters. The summed E-state index contributed by atoms with van der Waals surface area (Å²) in [5.41, 5.74) is 3.46. The number of hydrogen-bond acceptors (Lipinski definition) is 5. The van der Waals surface area contributed by atoms with Gasteiger partial charge < -0.3 is 9.64 Å². The quantitative estimate of drug-likeness (QED) is 0.457. The van der Waals surface area contributed by atoms with Crippen LogP contribution in [0, 0.1) is 0 Å². The highest BCUT2D eigenvalue weighted by molar-refractivity contribution is 7.89. The summed E-state index contributed by atoms with van der Waals surface area (Å²) in [6.45, 7) is 4.35. The predicted molar refractivity (Wildman–Crippen MR) is 143 cm³/mol. The minimum atomic E-state index is -3.71. The third-order valence-corrected chi connectivity index (χ3v) is 9.10. The van der Waals surface area contributed by atoms with E-state index < -0.39 is 10.0 Å². The van der Waals surface area contributed by atoms with Crippen molar-refractivity contribution in [3.8, 4) is 5.75 Å². The summed E-state index contributed by atoms with van der Waals surface area (Å²) in [6, 6.07) is 22.6. The highest BCUT2D eigenvalue weighted by atomic mass is 35.5. The second kappa shape index (κ2) is 11.2. The van der Waals surface area contributed by atoms with Crippen LogP contribution in [-0.4, -0.2) is 67.8 Å². The number of sulfonamides is 1. The van der Waals surface area contributed by atoms with Gasteiger partial charge in [0.1, 0.15) is 5.75 Å². The lowest BCUT2D eigenvalue weighted by atomic mass is 10.0. The molecular formula is C28H30ClN3O4S. The number of rotatable bonds is 7. The Kier molecular flexibility index (Phi) is 7.81. The summed E-state index contributed by atoms with van der Waals surface area (Å²) >= 11 is 6.38. The first-order valence-electron chi connectivity index (χ1n) is 12.4. The Morgan fingerprint density at radius 2 is 1.57 bits per heavy atom. The van der Waals surface area contributed by atoms with Crippen LogP contribution in [0.25, 0.3) is 0 Å². The lowest BCUT2D eigenvalue weighted by Crippen LogP contribution is -2.49. The fraction of sp³-hybridized carbons (Fsp3) is 0.321. The summed E-state index contributed by atoms with van der Waals surface area (Å²) < 4.78 is 33.6. The van der Waals surface area contributed by atoms with Gasteiger partial charge in [-0.2, -0.15) is 4.31 Å². The second-order valence-corrected chi connectivity index (χ2v) is 11.7. The smallest absolute Gasteiger partial charge is 0.260 e. The minimum Gasteiger partial charge on any atom is -0.482 e. The lowest BCUT2D eigenvalue weighted by Gasteiger charge is -2.34. The largest absolute Gasteiger partial charge is 0.482 e. The van der Waals surface area contributed by atoms with E-state index in [1.54, 1.807) is 4.90 Å². The molecule has 194 valence electrons. The van der Waals surface area contributed by atoms with Crippen LogP contribution in [0.15, 0.2) is 77.7 Å². The van der Waals surface area contributed by atoms with Crippen LogP contribution in [-0.2, 0) is 34.3 Å². The van der Waals surface area contributed by atoms with E-state index >= 15 is 0 Å². The molecule has 0 spiro atoms. The number of carbonyl (C=O) groups excluding carboxylic acids is 1. The summed E-state index contributed by atoms with van der Waals surface area (Å²) in [7, 11) is -3.71. The molecule has 37 heavy (non-hydrogen) atoms. The van der Waals surface area contributed by atoms with Crippen molar-refractivity contribution in [1.82, 2.24) is 14.1 Å². The van der Waals surface area contributed by atoms with Gasteiger partial charge in [0.05, 0.1) is 9.92 Å². The number of nitrogens with zero attached hydrogens (tertiary/aromatic N) is 3. The first kappa shape index (κ1) is 25.7. The molecule has 3 aromatic carbocycles. The third kappa shape index (κ3) is 5.99. The molecule has 0 atom stereocenters. The van der Waals surface area contributed by atoms with Crippen LogP contribution in [0.1, 0.15) is 16.7 Å². The Morgan fingerprint density at radius 3 is 2.30 bits per heavy atom. The summed E-state index contributed by atoms with van der Waals surface area (Å²) in [6.07, 6.45) is 0.674. The van der Waals surface area contributed by atoms with Gasteiger partial charge in [0, 0.05) is 45.8 Å². The number of ether oxygens (including phenoxy) is 1. The van der Waals surface area contributed by atoms with E-state index in [1.807, 2.05) is 42.5 Å². The van der Waals surface area contributed by atoms with Crippen LogP contribution < -0.4 is 4.74 Å². The van der Waals surface area contributed by atoms with Gasteiger partial charge in [0.2, 0.25) is 10.0 Å². The van der Waals surface area contributed by atoms with Gasteiger partial charge in [0.25, 0.3) is 5.91 Å². The molecule has 2 aliphatic heterocycles. The SMILES string of the molecule is O=C(COc1ccc(S(=O)(=O)N2CCc3ccccc3C2)cc1Cl)N1CCN(Cc2ccccc2)CC1. The van der Waals surface area contributed by atoms with E-state index in [0.717, 1.165) is 25.2 Å². The lowest BCUT2D eigenvalue weighted by molar-refractivity contribution is -0.135. The number of benzene rings is 3. The van der Waals surface area contributed by atoms with E-state index in [-0.39, 0.29) is 22.4 Å². The highest BCUT2D eigenvalue weighted by Gasteiger charge is 2.29. The normalized spacial score (nSPS) is 16.8. The fourth-order valence-corrected chi connectivity index (χ4v) is 6.56. The number of carbonyl (C=O) groups is 1. The predicted octanol–water partition coefficient (Wildman–Crippen LogP) is 3.81. The van der Waals surface area contributed by atoms with Crippen molar-refractivity contribution >= 4 is 27.5 Å². The van der Waals surface area contributed by atoms with Gasteiger partial charge in [-0.3, -0.25) is 9.69 Å². The van der Waals surface area contributed by atoms with Crippen molar-refractivity contribution in [3.05, 3.63) is 94.5 Å². The molecule has 0 radical (unpaired) electrons. The second-order valence-electron chi connectivity index (χ2n) is 9.38. The van der Waals surface area contributed by atoms with Gasteiger partial charge in [-0.1, -0.05) is 66.2 Å². The van der Waals surface area contributed by atoms with Crippen molar-refractivity contribution in [2.75, 3.05) is 39.3 Å². The van der Waals surface area contributed by atoms with Crippen LogP contribution in [0.2, 0.25) is 5.02 Å². The molecule has 3 aromatic rings. The Labute approximate surface area is 223 Å². The molecule has 0 saturated carbocycles. The van der Waals surface area contributed by atoms with Crippen LogP contribution in [0.5, 0.6) is 5.75 Å². The van der Waals surface area contributed by atoms with E-state index in [0.29, 0.717) is 38.3 Å². The zero-order chi connectivity index (χ0) is 25.8. The monoisotopic (exact) mass is 539 g/mol. The van der Waals surface area contributed by atoms with Gasteiger partial charge in [-0.05, 0) is 41.3 Å². The van der Waals surface area contributed by atoms with Gasteiger partial charge in [-0.15, -0.1) is 0 Å². The molecule has 0 aliphatic carbocycles. The van der Waals surface area contributed by atoms with E-state index in [1.165, 1.54) is 33.6 Å². The molecule has 0 N–H and O–H groups in total. The van der Waals surface area contributed by atoms with Crippen molar-refractivity contribution in [2.45, 2.75) is 24.4 Å². The van der Waals surface area contributed by atoms with Crippen molar-refractivity contribution < 1.29 is 17.9 Å². The average molecular weight is 540 g/mol. The third-order valence-electron chi connectivity index (χ3n) is 6.96. The van der Waals surface area contributed by atoms with Crippen molar-refractivity contribution in [3.63, 3.8) is 0 Å². The molecule has 1 saturated heterocycles. The molecule has 9 heteroatoms. The average Bonchev–Trinajstić information content (AvgIpc) is 2.93. The maximum atomic E-state index is 13.2. The Balaban J connectivity index is 1.15. The molecular weight excluding hydrogens is 510 g/mol. The topological polar surface area (TPSA) is 70.2 Å². The van der Waals surface area contributed by atoms with E-state index in [2.05, 4.69) is 17.0 Å². The first-order valence-corrected chi connectivity index (χ1v) is 14.3. The molecule has 2 aliphatic rings. The summed E-state index contributed by atoms with van der Waals surface area (Å²) in [4.78, 5) is 17.0. The maximum Gasteiger partial charge on any atom is 0.260 e. The zero-order valence-corrected chi connectivity index (χ0v) is 22.1. The van der Waals surface area contributed by atoms with E-state index in [4.69, 9.17) is 16.3 Å². The summed E-state index contributed by atoms with van der Waals surface area (Å²) in [5, 5.41) is 0.166. The fourth-order valence-electron chi connectivity index (χ4n) is 4.81. The maximum absolute atomic E-state index is 13.2.